The van der Waals surface area contributed by atoms with Gasteiger partial charge in [-0.05, 0) is 30.2 Å². The molecule has 0 saturated heterocycles. The Morgan fingerprint density at radius 3 is 2.46 bits per heavy atom. The summed E-state index contributed by atoms with van der Waals surface area (Å²) in [6.45, 7) is 4.04. The van der Waals surface area contributed by atoms with Gasteiger partial charge in [0.15, 0.2) is 0 Å². The van der Waals surface area contributed by atoms with Crippen LogP contribution in [0, 0.1) is 16.0 Å². The number of nitrogens with one attached hydrogen (secondary N) is 1. The molecule has 1 aliphatic rings. The van der Waals surface area contributed by atoms with Crippen molar-refractivity contribution in [2.24, 2.45) is 5.92 Å². The minimum atomic E-state index is -0.679. The van der Waals surface area contributed by atoms with Crippen molar-refractivity contribution < 1.29 is 24.4 Å². The van der Waals surface area contributed by atoms with Gasteiger partial charge < -0.3 is 10.4 Å². The van der Waals surface area contributed by atoms with Crippen LogP contribution in [-0.4, -0.2) is 39.2 Å². The van der Waals surface area contributed by atoms with Gasteiger partial charge >= 0.3 is 0 Å². The second-order valence-electron chi connectivity index (χ2n) is 6.79. The molecule has 0 radical (unpaired) electrons. The molecule has 3 amide bonds. The van der Waals surface area contributed by atoms with E-state index >= 15 is 0 Å². The average molecular weight is 383 g/mol. The molecule has 0 bridgehead atoms. The van der Waals surface area contributed by atoms with Gasteiger partial charge in [0, 0.05) is 24.2 Å². The van der Waals surface area contributed by atoms with E-state index in [0.29, 0.717) is 0 Å². The zero-order chi connectivity index (χ0) is 20.6. The lowest BCUT2D eigenvalue weighted by Gasteiger charge is -2.15. The number of imide groups is 1. The molecule has 0 spiro atoms. The number of aromatic hydroxyl groups is 1. The number of nitro benzene ring substituents is 1. The normalized spacial score (nSPS) is 13.0. The topological polar surface area (TPSA) is 130 Å². The summed E-state index contributed by atoms with van der Waals surface area (Å²) in [5.74, 6) is -1.80. The van der Waals surface area contributed by atoms with Crippen molar-refractivity contribution in [3.63, 3.8) is 0 Å². The Morgan fingerprint density at radius 2 is 1.82 bits per heavy atom. The number of rotatable bonds is 5. The first kappa shape index (κ1) is 19.0. The van der Waals surface area contributed by atoms with Gasteiger partial charge in [0.1, 0.15) is 5.75 Å². The van der Waals surface area contributed by atoms with Crippen molar-refractivity contribution in [1.29, 1.82) is 0 Å². The van der Waals surface area contributed by atoms with Crippen LogP contribution in [0.3, 0.4) is 0 Å². The summed E-state index contributed by atoms with van der Waals surface area (Å²) >= 11 is 0. The van der Waals surface area contributed by atoms with Crippen molar-refractivity contribution in [3.05, 3.63) is 63.2 Å². The number of nitrogens with zero attached hydrogens (tertiary/aromatic N) is 2. The Labute approximate surface area is 159 Å². The van der Waals surface area contributed by atoms with Crippen LogP contribution in [0.1, 0.15) is 44.9 Å². The summed E-state index contributed by atoms with van der Waals surface area (Å²) in [5.41, 5.74) is -0.00476. The summed E-state index contributed by atoms with van der Waals surface area (Å²) in [6, 6.07) is 7.32. The van der Waals surface area contributed by atoms with E-state index in [1.807, 2.05) is 13.8 Å². The molecule has 144 valence electrons. The standard InChI is InChI=1S/C19H17N3O6/c1-10(2)9-21-18(25)13-5-3-11(7-14(13)19(21)26)17(24)20-15-8-12(22(27)28)4-6-16(15)23/h3-8,10,23H,9H2,1-2H3,(H,20,24). The highest BCUT2D eigenvalue weighted by atomic mass is 16.6. The maximum atomic E-state index is 12.5. The van der Waals surface area contributed by atoms with Gasteiger partial charge in [-0.25, -0.2) is 0 Å². The molecular weight excluding hydrogens is 366 g/mol. The van der Waals surface area contributed by atoms with E-state index in [2.05, 4.69) is 5.32 Å². The molecule has 0 aliphatic carbocycles. The fourth-order valence-corrected chi connectivity index (χ4v) is 2.90. The molecule has 2 aromatic carbocycles. The second-order valence-corrected chi connectivity index (χ2v) is 6.79. The van der Waals surface area contributed by atoms with Gasteiger partial charge in [0.2, 0.25) is 0 Å². The van der Waals surface area contributed by atoms with Gasteiger partial charge in [0.05, 0.1) is 21.7 Å². The largest absolute Gasteiger partial charge is 0.506 e. The summed E-state index contributed by atoms with van der Waals surface area (Å²) < 4.78 is 0. The number of carbonyl (C=O) groups excluding carboxylic acids is 3. The predicted molar refractivity (Wildman–Crippen MR) is 99.4 cm³/mol. The lowest BCUT2D eigenvalue weighted by molar-refractivity contribution is -0.384. The molecule has 0 unspecified atom stereocenters. The SMILES string of the molecule is CC(C)CN1C(=O)c2ccc(C(=O)Nc3cc([N+](=O)[O-])ccc3O)cc2C1=O. The molecule has 2 N–H and O–H groups in total. The Morgan fingerprint density at radius 1 is 1.14 bits per heavy atom. The van der Waals surface area contributed by atoms with E-state index in [1.54, 1.807) is 0 Å². The average Bonchev–Trinajstić information content (AvgIpc) is 2.87. The van der Waals surface area contributed by atoms with E-state index in [0.717, 1.165) is 23.1 Å². The number of non-ortho nitro benzene ring substituents is 1. The van der Waals surface area contributed by atoms with Gasteiger partial charge in [-0.3, -0.25) is 29.4 Å². The quantitative estimate of drug-likeness (QED) is 0.353. The fraction of sp³-hybridized carbons (Fsp3) is 0.211. The number of carbonyl (C=O) groups is 3. The van der Waals surface area contributed by atoms with Crippen LogP contribution < -0.4 is 5.32 Å². The first-order chi connectivity index (χ1) is 13.2. The molecule has 1 heterocycles. The highest BCUT2D eigenvalue weighted by Gasteiger charge is 2.36. The summed E-state index contributed by atoms with van der Waals surface area (Å²) in [5, 5.41) is 23.1. The number of hydrogen-bond acceptors (Lipinski definition) is 6. The van der Waals surface area contributed by atoms with E-state index in [9.17, 15) is 29.6 Å². The lowest BCUT2D eigenvalue weighted by Crippen LogP contribution is -2.33. The van der Waals surface area contributed by atoms with Crippen molar-refractivity contribution >= 4 is 29.1 Å². The zero-order valence-corrected chi connectivity index (χ0v) is 15.1. The second kappa shape index (κ2) is 7.10. The molecule has 9 nitrogen and oxygen atoms in total. The van der Waals surface area contributed by atoms with E-state index < -0.39 is 22.6 Å². The fourth-order valence-electron chi connectivity index (χ4n) is 2.90. The highest BCUT2D eigenvalue weighted by Crippen LogP contribution is 2.29. The van der Waals surface area contributed by atoms with Crippen molar-refractivity contribution in [2.45, 2.75) is 13.8 Å². The molecule has 2 aromatic rings. The van der Waals surface area contributed by atoms with Crippen molar-refractivity contribution in [2.75, 3.05) is 11.9 Å². The number of anilines is 1. The molecule has 0 atom stereocenters. The third-order valence-electron chi connectivity index (χ3n) is 4.22. The molecule has 1 aliphatic heterocycles. The number of nitro groups is 1. The van der Waals surface area contributed by atoms with Crippen molar-refractivity contribution in [3.8, 4) is 5.75 Å². The smallest absolute Gasteiger partial charge is 0.271 e. The number of fused-ring (bicyclic) bond motifs is 1. The molecule has 0 aromatic heterocycles. The number of hydrogen-bond donors (Lipinski definition) is 2. The van der Waals surface area contributed by atoms with Crippen LogP contribution in [0.4, 0.5) is 11.4 Å². The first-order valence-corrected chi connectivity index (χ1v) is 8.48. The Bertz CT molecular complexity index is 1010. The van der Waals surface area contributed by atoms with E-state index in [-0.39, 0.29) is 46.3 Å². The van der Waals surface area contributed by atoms with Gasteiger partial charge in [-0.15, -0.1) is 0 Å². The predicted octanol–water partition coefficient (Wildman–Crippen LogP) is 2.80. The third-order valence-corrected chi connectivity index (χ3v) is 4.22. The van der Waals surface area contributed by atoms with E-state index in [1.165, 1.54) is 18.2 Å². The van der Waals surface area contributed by atoms with Crippen LogP contribution >= 0.6 is 0 Å². The number of amides is 3. The molecule has 3 rings (SSSR count). The maximum absolute atomic E-state index is 12.5. The monoisotopic (exact) mass is 383 g/mol. The Kier molecular flexibility index (Phi) is 4.83. The lowest BCUT2D eigenvalue weighted by atomic mass is 10.1. The molecule has 0 fully saturated rings. The van der Waals surface area contributed by atoms with Crippen LogP contribution in [0.2, 0.25) is 0 Å². The summed E-state index contributed by atoms with van der Waals surface area (Å²) in [4.78, 5) is 48.7. The molecule has 28 heavy (non-hydrogen) atoms. The zero-order valence-electron chi connectivity index (χ0n) is 15.1. The van der Waals surface area contributed by atoms with Crippen LogP contribution in [0.25, 0.3) is 0 Å². The van der Waals surface area contributed by atoms with Crippen LogP contribution in [0.5, 0.6) is 5.75 Å². The number of benzene rings is 2. The van der Waals surface area contributed by atoms with Crippen LogP contribution in [-0.2, 0) is 0 Å². The minimum absolute atomic E-state index is 0.0807. The third kappa shape index (κ3) is 3.41. The van der Waals surface area contributed by atoms with Crippen molar-refractivity contribution in [1.82, 2.24) is 4.90 Å². The van der Waals surface area contributed by atoms with Gasteiger partial charge in [-0.1, -0.05) is 13.8 Å². The number of phenols is 1. The molecule has 0 saturated carbocycles. The summed E-state index contributed by atoms with van der Waals surface area (Å²) in [6.07, 6.45) is 0. The number of phenolic OH excluding ortho intramolecular Hbond substituents is 1. The van der Waals surface area contributed by atoms with Crippen LogP contribution in [0.15, 0.2) is 36.4 Å². The molecule has 9 heteroatoms. The van der Waals surface area contributed by atoms with Gasteiger partial charge in [0.25, 0.3) is 23.4 Å². The Hall–Kier alpha value is -3.75. The van der Waals surface area contributed by atoms with Gasteiger partial charge in [-0.2, -0.15) is 0 Å². The first-order valence-electron chi connectivity index (χ1n) is 8.48. The molecular formula is C19H17N3O6. The van der Waals surface area contributed by atoms with E-state index in [4.69, 9.17) is 0 Å². The maximum Gasteiger partial charge on any atom is 0.271 e. The highest BCUT2D eigenvalue weighted by molar-refractivity contribution is 6.22. The Balaban J connectivity index is 1.87. The summed E-state index contributed by atoms with van der Waals surface area (Å²) in [7, 11) is 0. The minimum Gasteiger partial charge on any atom is -0.506 e.